The zero-order valence-corrected chi connectivity index (χ0v) is 26.4. The van der Waals surface area contributed by atoms with E-state index in [4.69, 9.17) is 9.72 Å². The van der Waals surface area contributed by atoms with Crippen LogP contribution in [0.2, 0.25) is 0 Å². The summed E-state index contributed by atoms with van der Waals surface area (Å²) in [4.78, 5) is 19.7. The highest BCUT2D eigenvalue weighted by atomic mass is 32.2. The third-order valence-corrected chi connectivity index (χ3v) is 10.7. The van der Waals surface area contributed by atoms with E-state index < -0.39 is 16.3 Å². The average Bonchev–Trinajstić information content (AvgIpc) is 3.39. The van der Waals surface area contributed by atoms with Crippen molar-refractivity contribution < 1.29 is 23.1 Å². The van der Waals surface area contributed by atoms with Crippen LogP contribution in [0.5, 0.6) is 0 Å². The quantitative estimate of drug-likeness (QED) is 0.272. The molecule has 12 heteroatoms. The molecule has 2 unspecified atom stereocenters. The molecule has 228 valence electrons. The van der Waals surface area contributed by atoms with E-state index >= 15 is 0 Å². The minimum atomic E-state index is -3.73. The van der Waals surface area contributed by atoms with Crippen LogP contribution in [0.1, 0.15) is 77.6 Å². The second-order valence-electron chi connectivity index (χ2n) is 11.5. The van der Waals surface area contributed by atoms with Crippen LogP contribution in [-0.2, 0) is 14.8 Å². The molecule has 1 saturated heterocycles. The Kier molecular flexibility index (Phi) is 10.7. The average molecular weight is 608 g/mol. The Morgan fingerprint density at radius 3 is 2.49 bits per heavy atom. The second-order valence-corrected chi connectivity index (χ2v) is 14.3. The molecular formula is C29H45N5O5S2. The summed E-state index contributed by atoms with van der Waals surface area (Å²) in [5, 5.41) is 17.8. The molecule has 2 aromatic rings. The van der Waals surface area contributed by atoms with Crippen molar-refractivity contribution in [1.82, 2.24) is 19.9 Å². The van der Waals surface area contributed by atoms with Crippen molar-refractivity contribution in [2.24, 2.45) is 5.92 Å². The number of hydrogen-bond acceptors (Lipinski definition) is 9. The molecule has 41 heavy (non-hydrogen) atoms. The first kappa shape index (κ1) is 31.7. The van der Waals surface area contributed by atoms with Crippen LogP contribution in [-0.4, -0.2) is 73.6 Å². The number of aromatic nitrogens is 1. The maximum Gasteiger partial charge on any atom is 0.407 e. The number of nitrogens with zero attached hydrogens (tertiary/aromatic N) is 2. The Labute approximate surface area is 248 Å². The van der Waals surface area contributed by atoms with E-state index in [1.54, 1.807) is 19.2 Å². The van der Waals surface area contributed by atoms with E-state index in [1.165, 1.54) is 11.3 Å². The monoisotopic (exact) mass is 607 g/mol. The second kappa shape index (κ2) is 13.8. The molecular weight excluding hydrogens is 562 g/mol. The van der Waals surface area contributed by atoms with Crippen molar-refractivity contribution in [3.8, 4) is 10.4 Å². The highest BCUT2D eigenvalue weighted by molar-refractivity contribution is 7.89. The number of hydrogen-bond donors (Lipinski definition) is 4. The molecule has 2 fully saturated rings. The standard InChI is InChI=1S/C29H45N5O5S2/c1-6-19(5)28(35)34-16-23(17-34)32-22-12-13-24(26(14-22)41(37,38)31-7-2)25-15-30-27(40-25)20-8-10-21(11-9-20)33-29(36)39-18(3)4/h12-15,18-21,23,28,31-32,35H,6-11,16-17H2,1-5H3,(H,33,36). The lowest BCUT2D eigenvalue weighted by molar-refractivity contribution is -0.0728. The molecule has 1 aromatic carbocycles. The van der Waals surface area contributed by atoms with Gasteiger partial charge in [0.2, 0.25) is 10.0 Å². The third-order valence-electron chi connectivity index (χ3n) is 7.94. The number of aliphatic hydroxyl groups is 1. The van der Waals surface area contributed by atoms with Gasteiger partial charge in [-0.3, -0.25) is 4.90 Å². The fraction of sp³-hybridized carbons (Fsp3) is 0.655. The van der Waals surface area contributed by atoms with E-state index in [0.29, 0.717) is 25.2 Å². The van der Waals surface area contributed by atoms with E-state index in [1.807, 2.05) is 37.8 Å². The maximum atomic E-state index is 13.3. The lowest BCUT2D eigenvalue weighted by Gasteiger charge is -2.44. The Balaban J connectivity index is 1.44. The fourth-order valence-electron chi connectivity index (χ4n) is 5.43. The number of amides is 1. The van der Waals surface area contributed by atoms with Gasteiger partial charge in [0.05, 0.1) is 26.9 Å². The van der Waals surface area contributed by atoms with Gasteiger partial charge in [-0.15, -0.1) is 11.3 Å². The van der Waals surface area contributed by atoms with Gasteiger partial charge in [0.15, 0.2) is 0 Å². The third kappa shape index (κ3) is 7.98. The molecule has 0 radical (unpaired) electrons. The molecule has 2 aliphatic rings. The van der Waals surface area contributed by atoms with Crippen molar-refractivity contribution in [2.75, 3.05) is 25.0 Å². The molecule has 1 saturated carbocycles. The molecule has 10 nitrogen and oxygen atoms in total. The largest absolute Gasteiger partial charge is 0.447 e. The molecule has 1 amide bonds. The minimum absolute atomic E-state index is 0.0925. The van der Waals surface area contributed by atoms with Gasteiger partial charge in [-0.05, 0) is 64.0 Å². The van der Waals surface area contributed by atoms with Gasteiger partial charge >= 0.3 is 6.09 Å². The first-order chi connectivity index (χ1) is 19.5. The summed E-state index contributed by atoms with van der Waals surface area (Å²) in [5.41, 5.74) is 1.37. The molecule has 1 aliphatic carbocycles. The van der Waals surface area contributed by atoms with Crippen LogP contribution in [0.25, 0.3) is 10.4 Å². The van der Waals surface area contributed by atoms with E-state index in [2.05, 4.69) is 22.3 Å². The van der Waals surface area contributed by atoms with Gasteiger partial charge < -0.3 is 20.5 Å². The number of thiazole rings is 1. The number of alkyl carbamates (subject to hydrolysis) is 1. The summed E-state index contributed by atoms with van der Waals surface area (Å²) in [5.74, 6) is 0.478. The number of anilines is 1. The predicted molar refractivity (Wildman–Crippen MR) is 163 cm³/mol. The summed E-state index contributed by atoms with van der Waals surface area (Å²) in [7, 11) is -3.73. The molecule has 0 spiro atoms. The summed E-state index contributed by atoms with van der Waals surface area (Å²) in [6.45, 7) is 11.2. The fourth-order valence-corrected chi connectivity index (χ4v) is 7.91. The topological polar surface area (TPSA) is 133 Å². The van der Waals surface area contributed by atoms with Crippen LogP contribution < -0.4 is 15.4 Å². The number of sulfonamides is 1. The molecule has 0 bridgehead atoms. The number of ether oxygens (including phenoxy) is 1. The number of likely N-dealkylation sites (tertiary alicyclic amines) is 1. The van der Waals surface area contributed by atoms with Gasteiger partial charge in [0, 0.05) is 49.0 Å². The van der Waals surface area contributed by atoms with Gasteiger partial charge in [0.25, 0.3) is 0 Å². The molecule has 4 rings (SSSR count). The minimum Gasteiger partial charge on any atom is -0.447 e. The van der Waals surface area contributed by atoms with Crippen LogP contribution in [0.3, 0.4) is 0 Å². The predicted octanol–water partition coefficient (Wildman–Crippen LogP) is 4.73. The van der Waals surface area contributed by atoms with Crippen LogP contribution >= 0.6 is 11.3 Å². The highest BCUT2D eigenvalue weighted by Crippen LogP contribution is 2.40. The van der Waals surface area contributed by atoms with Gasteiger partial charge in [0.1, 0.15) is 6.23 Å². The van der Waals surface area contributed by atoms with Gasteiger partial charge in [-0.25, -0.2) is 22.9 Å². The molecule has 2 heterocycles. The van der Waals surface area contributed by atoms with E-state index in [0.717, 1.165) is 47.7 Å². The molecule has 1 aliphatic heterocycles. The lowest BCUT2D eigenvalue weighted by atomic mass is 9.86. The summed E-state index contributed by atoms with van der Waals surface area (Å²) < 4.78 is 34.4. The summed E-state index contributed by atoms with van der Waals surface area (Å²) in [6, 6.07) is 5.71. The van der Waals surface area contributed by atoms with Gasteiger partial charge in [-0.1, -0.05) is 26.8 Å². The number of benzene rings is 1. The van der Waals surface area contributed by atoms with Crippen molar-refractivity contribution in [3.05, 3.63) is 29.4 Å². The van der Waals surface area contributed by atoms with Crippen molar-refractivity contribution in [2.45, 2.75) is 102 Å². The normalized spacial score (nSPS) is 21.7. The van der Waals surface area contributed by atoms with Crippen LogP contribution in [0, 0.1) is 5.92 Å². The SMILES string of the molecule is CCNS(=O)(=O)c1cc(NC2CN(C(O)C(C)CC)C2)ccc1-c1cnc(C2CCC(NC(=O)OC(C)C)CC2)s1. The zero-order chi connectivity index (χ0) is 29.7. The Morgan fingerprint density at radius 1 is 1.15 bits per heavy atom. The van der Waals surface area contributed by atoms with Crippen molar-refractivity contribution in [3.63, 3.8) is 0 Å². The molecule has 2 atom stereocenters. The van der Waals surface area contributed by atoms with E-state index in [9.17, 15) is 18.3 Å². The van der Waals surface area contributed by atoms with Crippen LogP contribution in [0.4, 0.5) is 10.5 Å². The summed E-state index contributed by atoms with van der Waals surface area (Å²) >= 11 is 1.54. The Bertz CT molecular complexity index is 1270. The van der Waals surface area contributed by atoms with Gasteiger partial charge in [-0.2, -0.15) is 0 Å². The molecule has 1 aromatic heterocycles. The zero-order valence-electron chi connectivity index (χ0n) is 24.7. The van der Waals surface area contributed by atoms with E-state index in [-0.39, 0.29) is 41.0 Å². The molecule has 4 N–H and O–H groups in total. The first-order valence-electron chi connectivity index (χ1n) is 14.8. The number of rotatable bonds is 12. The highest BCUT2D eigenvalue weighted by Gasteiger charge is 2.34. The van der Waals surface area contributed by atoms with Crippen molar-refractivity contribution >= 4 is 33.1 Å². The number of carbonyl (C=O) groups is 1. The maximum absolute atomic E-state index is 13.3. The lowest BCUT2D eigenvalue weighted by Crippen LogP contribution is -2.59. The Morgan fingerprint density at radius 2 is 1.85 bits per heavy atom. The first-order valence-corrected chi connectivity index (χ1v) is 17.1. The number of aliphatic hydroxyl groups excluding tert-OH is 1. The smallest absolute Gasteiger partial charge is 0.407 e. The number of nitrogens with one attached hydrogen (secondary N) is 3. The van der Waals surface area contributed by atoms with Crippen molar-refractivity contribution in [1.29, 1.82) is 0 Å². The van der Waals surface area contributed by atoms with Crippen LogP contribution in [0.15, 0.2) is 29.3 Å². The number of carbonyl (C=O) groups excluding carboxylic acids is 1. The summed E-state index contributed by atoms with van der Waals surface area (Å²) in [6.07, 6.45) is 5.20. The Hall–Kier alpha value is -2.25.